The van der Waals surface area contributed by atoms with Crippen molar-refractivity contribution in [2.45, 2.75) is 25.4 Å². The molecule has 0 unspecified atom stereocenters. The van der Waals surface area contributed by atoms with Crippen molar-refractivity contribution < 1.29 is 9.47 Å². The molecule has 3 nitrogen and oxygen atoms in total. The predicted molar refractivity (Wildman–Crippen MR) is 60.1 cm³/mol. The fraction of sp³-hybridized carbons (Fsp3) is 0.455. The minimum atomic E-state index is 0.335. The van der Waals surface area contributed by atoms with E-state index in [2.05, 4.69) is 21.2 Å². The van der Waals surface area contributed by atoms with Crippen LogP contribution in [0.2, 0.25) is 0 Å². The largest absolute Gasteiger partial charge is 0.454 e. The first kappa shape index (κ1) is 9.48. The third-order valence-corrected chi connectivity index (χ3v) is 3.44. The molecule has 4 heteroatoms. The van der Waals surface area contributed by atoms with Crippen LogP contribution in [0.4, 0.5) is 0 Å². The van der Waals surface area contributed by atoms with Crippen molar-refractivity contribution in [1.29, 1.82) is 0 Å². The molecule has 0 radical (unpaired) electrons. The lowest BCUT2D eigenvalue weighted by molar-refractivity contribution is 0.174. The van der Waals surface area contributed by atoms with Crippen molar-refractivity contribution in [1.82, 2.24) is 5.32 Å². The molecular weight excluding hydrogens is 258 g/mol. The molecule has 1 N–H and O–H groups in total. The summed E-state index contributed by atoms with van der Waals surface area (Å²) in [6.07, 6.45) is 2.62. The first-order valence-electron chi connectivity index (χ1n) is 5.14. The summed E-state index contributed by atoms with van der Waals surface area (Å²) in [5.74, 6) is 1.68. The Bertz CT molecular complexity index is 390. The van der Waals surface area contributed by atoms with Crippen molar-refractivity contribution >= 4 is 15.9 Å². The molecule has 1 aliphatic carbocycles. The Morgan fingerprint density at radius 1 is 1.27 bits per heavy atom. The molecular formula is C11H12BrNO2. The maximum absolute atomic E-state index is 5.35. The third kappa shape index (κ3) is 1.96. The Balaban J connectivity index is 1.80. The van der Waals surface area contributed by atoms with Crippen molar-refractivity contribution in [3.05, 3.63) is 22.2 Å². The highest BCUT2D eigenvalue weighted by Gasteiger charge is 2.21. The first-order chi connectivity index (χ1) is 7.33. The van der Waals surface area contributed by atoms with E-state index in [0.717, 1.165) is 28.6 Å². The minimum Gasteiger partial charge on any atom is -0.454 e. The van der Waals surface area contributed by atoms with Crippen molar-refractivity contribution in [3.63, 3.8) is 0 Å². The number of nitrogens with one attached hydrogen (secondary N) is 1. The molecule has 1 aliphatic heterocycles. The standard InChI is InChI=1S/C11H12BrNO2/c12-9-4-11-10(14-6-15-11)3-7(9)5-13-8-1-2-8/h3-4,8,13H,1-2,5-6H2. The van der Waals surface area contributed by atoms with E-state index in [4.69, 9.17) is 9.47 Å². The molecule has 0 bridgehead atoms. The van der Waals surface area contributed by atoms with Gasteiger partial charge >= 0.3 is 0 Å². The summed E-state index contributed by atoms with van der Waals surface area (Å²) in [6, 6.07) is 4.75. The lowest BCUT2D eigenvalue weighted by atomic mass is 10.2. The fourth-order valence-electron chi connectivity index (χ4n) is 1.64. The molecule has 2 aliphatic rings. The van der Waals surface area contributed by atoms with E-state index in [1.54, 1.807) is 0 Å². The van der Waals surface area contributed by atoms with E-state index < -0.39 is 0 Å². The van der Waals surface area contributed by atoms with Gasteiger partial charge in [-0.25, -0.2) is 0 Å². The van der Waals surface area contributed by atoms with Crippen LogP contribution >= 0.6 is 15.9 Å². The molecule has 1 aromatic carbocycles. The van der Waals surface area contributed by atoms with Gasteiger partial charge < -0.3 is 14.8 Å². The SMILES string of the molecule is Brc1cc2c(cc1CNC1CC1)OCO2. The van der Waals surface area contributed by atoms with Gasteiger partial charge in [-0.3, -0.25) is 0 Å². The zero-order valence-electron chi connectivity index (χ0n) is 8.25. The van der Waals surface area contributed by atoms with Crippen molar-refractivity contribution in [2.75, 3.05) is 6.79 Å². The monoisotopic (exact) mass is 269 g/mol. The molecule has 0 amide bonds. The van der Waals surface area contributed by atoms with Gasteiger partial charge in [0.1, 0.15) is 0 Å². The molecule has 3 rings (SSSR count). The summed E-state index contributed by atoms with van der Waals surface area (Å²) in [5.41, 5.74) is 1.23. The van der Waals surface area contributed by atoms with Gasteiger partial charge in [0.2, 0.25) is 6.79 Å². The average molecular weight is 270 g/mol. The van der Waals surface area contributed by atoms with Crippen LogP contribution in [-0.2, 0) is 6.54 Å². The molecule has 1 heterocycles. The molecule has 0 atom stereocenters. The van der Waals surface area contributed by atoms with Gasteiger partial charge in [0.05, 0.1) is 0 Å². The summed E-state index contributed by atoms with van der Waals surface area (Å²) < 4.78 is 11.7. The molecule has 0 aromatic heterocycles. The second-order valence-electron chi connectivity index (χ2n) is 3.95. The Morgan fingerprint density at radius 3 is 2.73 bits per heavy atom. The molecule has 15 heavy (non-hydrogen) atoms. The summed E-state index contributed by atoms with van der Waals surface area (Å²) >= 11 is 3.54. The number of benzene rings is 1. The summed E-state index contributed by atoms with van der Waals surface area (Å²) in [5, 5.41) is 3.48. The van der Waals surface area contributed by atoms with Gasteiger partial charge in [-0.2, -0.15) is 0 Å². The second-order valence-corrected chi connectivity index (χ2v) is 4.81. The number of fused-ring (bicyclic) bond motifs is 1. The minimum absolute atomic E-state index is 0.335. The molecule has 1 aromatic rings. The Morgan fingerprint density at radius 2 is 2.00 bits per heavy atom. The number of hydrogen-bond donors (Lipinski definition) is 1. The van der Waals surface area contributed by atoms with Gasteiger partial charge in [0.25, 0.3) is 0 Å². The molecule has 0 spiro atoms. The lowest BCUT2D eigenvalue weighted by Gasteiger charge is -2.07. The highest BCUT2D eigenvalue weighted by Crippen LogP contribution is 2.37. The van der Waals surface area contributed by atoms with Crippen LogP contribution in [0.5, 0.6) is 11.5 Å². The van der Waals surface area contributed by atoms with Crippen molar-refractivity contribution in [2.24, 2.45) is 0 Å². The zero-order chi connectivity index (χ0) is 10.3. The van der Waals surface area contributed by atoms with E-state index in [1.165, 1.54) is 18.4 Å². The van der Waals surface area contributed by atoms with E-state index >= 15 is 0 Å². The molecule has 1 saturated carbocycles. The lowest BCUT2D eigenvalue weighted by Crippen LogP contribution is -2.15. The number of rotatable bonds is 3. The molecule has 0 saturated heterocycles. The third-order valence-electron chi connectivity index (χ3n) is 2.70. The topological polar surface area (TPSA) is 30.5 Å². The van der Waals surface area contributed by atoms with Crippen LogP contribution in [0.1, 0.15) is 18.4 Å². The van der Waals surface area contributed by atoms with Gasteiger partial charge in [-0.05, 0) is 30.5 Å². The van der Waals surface area contributed by atoms with Crippen LogP contribution < -0.4 is 14.8 Å². The second kappa shape index (κ2) is 3.68. The Labute approximate surface area is 96.9 Å². The zero-order valence-corrected chi connectivity index (χ0v) is 9.84. The smallest absolute Gasteiger partial charge is 0.231 e. The summed E-state index contributed by atoms with van der Waals surface area (Å²) in [4.78, 5) is 0. The average Bonchev–Trinajstić information content (AvgIpc) is 2.94. The van der Waals surface area contributed by atoms with Gasteiger partial charge in [-0.15, -0.1) is 0 Å². The van der Waals surface area contributed by atoms with Gasteiger partial charge in [0.15, 0.2) is 11.5 Å². The van der Waals surface area contributed by atoms with Gasteiger partial charge in [0, 0.05) is 17.1 Å². The quantitative estimate of drug-likeness (QED) is 0.915. The first-order valence-corrected chi connectivity index (χ1v) is 5.93. The van der Waals surface area contributed by atoms with E-state index in [1.807, 2.05) is 12.1 Å². The highest BCUT2D eigenvalue weighted by molar-refractivity contribution is 9.10. The van der Waals surface area contributed by atoms with E-state index in [9.17, 15) is 0 Å². The summed E-state index contributed by atoms with van der Waals surface area (Å²) in [7, 11) is 0. The highest BCUT2D eigenvalue weighted by atomic mass is 79.9. The number of halogens is 1. The normalized spacial score (nSPS) is 18.2. The Hall–Kier alpha value is -0.740. The maximum atomic E-state index is 5.35. The summed E-state index contributed by atoms with van der Waals surface area (Å²) in [6.45, 7) is 1.23. The molecule has 1 fully saturated rings. The van der Waals surface area contributed by atoms with Crippen molar-refractivity contribution in [3.8, 4) is 11.5 Å². The predicted octanol–water partition coefficient (Wildman–Crippen LogP) is 2.43. The van der Waals surface area contributed by atoms with Crippen LogP contribution in [0, 0.1) is 0 Å². The van der Waals surface area contributed by atoms with Crippen LogP contribution in [0.25, 0.3) is 0 Å². The Kier molecular flexibility index (Phi) is 2.33. The number of hydrogen-bond acceptors (Lipinski definition) is 3. The van der Waals surface area contributed by atoms with Gasteiger partial charge in [-0.1, -0.05) is 15.9 Å². The number of ether oxygens (including phenoxy) is 2. The maximum Gasteiger partial charge on any atom is 0.231 e. The van der Waals surface area contributed by atoms with E-state index in [-0.39, 0.29) is 0 Å². The van der Waals surface area contributed by atoms with E-state index in [0.29, 0.717) is 6.79 Å². The van der Waals surface area contributed by atoms with Crippen LogP contribution in [0.15, 0.2) is 16.6 Å². The fourth-order valence-corrected chi connectivity index (χ4v) is 2.10. The van der Waals surface area contributed by atoms with Crippen LogP contribution in [-0.4, -0.2) is 12.8 Å². The molecule has 80 valence electrons. The van der Waals surface area contributed by atoms with Crippen LogP contribution in [0.3, 0.4) is 0 Å².